The number of para-hydroxylation sites is 1. The smallest absolute Gasteiger partial charge is 0.254 e. The van der Waals surface area contributed by atoms with Gasteiger partial charge in [0, 0.05) is 12.2 Å². The molecule has 9 heteroatoms. The van der Waals surface area contributed by atoms with E-state index in [0.717, 1.165) is 17.7 Å². The van der Waals surface area contributed by atoms with Gasteiger partial charge in [-0.3, -0.25) is 9.59 Å². The molecule has 2 N–H and O–H groups in total. The number of amides is 2. The zero-order valence-corrected chi connectivity index (χ0v) is 19.1. The molecule has 0 unspecified atom stereocenters. The molecule has 2 amide bonds. The van der Waals surface area contributed by atoms with E-state index < -0.39 is 17.8 Å². The molecule has 168 valence electrons. The van der Waals surface area contributed by atoms with E-state index in [-0.39, 0.29) is 17.2 Å². The molecular weight excluding hydrogens is 429 g/mol. The number of anilines is 1. The minimum absolute atomic E-state index is 0.0273. The van der Waals surface area contributed by atoms with Crippen LogP contribution in [0.25, 0.3) is 0 Å². The topological polar surface area (TPSA) is 88.9 Å². The Bertz CT molecular complexity index is 1100. The summed E-state index contributed by atoms with van der Waals surface area (Å²) in [5.74, 6) is -0.530. The standard InChI is InChI=1S/C23H26FN5O2S/c1-4-16-10-6-9-13-19(16)26-20(30)14-32-23-28-27-21(29(23)5-2)15(3)25-22(31)17-11-7-8-12-18(17)24/h6-13,15H,4-5,14H2,1-3H3,(H,25,31)(H,26,30)/t15-/m1/s1. The number of hydrogen-bond acceptors (Lipinski definition) is 5. The third kappa shape index (κ3) is 5.53. The summed E-state index contributed by atoms with van der Waals surface area (Å²) in [7, 11) is 0. The first-order valence-electron chi connectivity index (χ1n) is 10.4. The molecule has 0 aliphatic carbocycles. The largest absolute Gasteiger partial charge is 0.342 e. The van der Waals surface area contributed by atoms with Crippen molar-refractivity contribution in [3.63, 3.8) is 0 Å². The van der Waals surface area contributed by atoms with Gasteiger partial charge in [0.2, 0.25) is 5.91 Å². The number of aryl methyl sites for hydroxylation is 1. The average molecular weight is 456 g/mol. The van der Waals surface area contributed by atoms with Crippen LogP contribution in [-0.4, -0.2) is 32.3 Å². The van der Waals surface area contributed by atoms with Crippen molar-refractivity contribution in [3.8, 4) is 0 Å². The normalized spacial score (nSPS) is 11.8. The molecule has 0 spiro atoms. The highest BCUT2D eigenvalue weighted by atomic mass is 32.2. The Morgan fingerprint density at radius 1 is 1.09 bits per heavy atom. The molecule has 0 fully saturated rings. The van der Waals surface area contributed by atoms with E-state index >= 15 is 0 Å². The number of hydrogen-bond donors (Lipinski definition) is 2. The number of thioether (sulfide) groups is 1. The average Bonchev–Trinajstić information content (AvgIpc) is 3.21. The molecule has 1 atom stereocenters. The summed E-state index contributed by atoms with van der Waals surface area (Å²) in [5, 5.41) is 14.7. The van der Waals surface area contributed by atoms with Crippen LogP contribution in [0, 0.1) is 5.82 Å². The van der Waals surface area contributed by atoms with Crippen molar-refractivity contribution in [2.75, 3.05) is 11.1 Å². The van der Waals surface area contributed by atoms with Crippen LogP contribution in [-0.2, 0) is 17.8 Å². The molecule has 0 saturated heterocycles. The van der Waals surface area contributed by atoms with Crippen LogP contribution < -0.4 is 10.6 Å². The lowest BCUT2D eigenvalue weighted by molar-refractivity contribution is -0.113. The number of benzene rings is 2. The fourth-order valence-electron chi connectivity index (χ4n) is 3.28. The number of carbonyl (C=O) groups is 2. The third-order valence-corrected chi connectivity index (χ3v) is 5.89. The fourth-order valence-corrected chi connectivity index (χ4v) is 4.08. The SMILES string of the molecule is CCc1ccccc1NC(=O)CSc1nnc([C@@H](C)NC(=O)c2ccccc2F)n1CC. The molecule has 3 rings (SSSR count). The number of carbonyl (C=O) groups excluding carboxylic acids is 2. The van der Waals surface area contributed by atoms with Crippen molar-refractivity contribution in [3.05, 3.63) is 71.3 Å². The Morgan fingerprint density at radius 3 is 2.53 bits per heavy atom. The van der Waals surface area contributed by atoms with Gasteiger partial charge in [-0.25, -0.2) is 4.39 Å². The Kier molecular flexibility index (Phi) is 7.99. The minimum atomic E-state index is -0.582. The molecular formula is C23H26FN5O2S. The van der Waals surface area contributed by atoms with Crippen LogP contribution in [0.2, 0.25) is 0 Å². The van der Waals surface area contributed by atoms with E-state index in [1.165, 1.54) is 30.0 Å². The molecule has 0 radical (unpaired) electrons. The minimum Gasteiger partial charge on any atom is -0.342 e. The lowest BCUT2D eigenvalue weighted by atomic mass is 10.1. The van der Waals surface area contributed by atoms with Gasteiger partial charge in [-0.05, 0) is 44.0 Å². The van der Waals surface area contributed by atoms with Gasteiger partial charge >= 0.3 is 0 Å². The number of aromatic nitrogens is 3. The quantitative estimate of drug-likeness (QED) is 0.472. The molecule has 7 nitrogen and oxygen atoms in total. The summed E-state index contributed by atoms with van der Waals surface area (Å²) < 4.78 is 15.7. The summed E-state index contributed by atoms with van der Waals surface area (Å²) in [6, 6.07) is 13.0. The number of nitrogens with one attached hydrogen (secondary N) is 2. The van der Waals surface area contributed by atoms with Gasteiger partial charge in [-0.1, -0.05) is 49.0 Å². The highest BCUT2D eigenvalue weighted by molar-refractivity contribution is 7.99. The first-order chi connectivity index (χ1) is 15.4. The van der Waals surface area contributed by atoms with E-state index in [9.17, 15) is 14.0 Å². The highest BCUT2D eigenvalue weighted by Crippen LogP contribution is 2.22. The Balaban J connectivity index is 1.64. The number of rotatable bonds is 9. The molecule has 0 bridgehead atoms. The molecule has 0 aliphatic rings. The van der Waals surface area contributed by atoms with Gasteiger partial charge in [0.25, 0.3) is 5.91 Å². The summed E-state index contributed by atoms with van der Waals surface area (Å²) in [5.41, 5.74) is 1.85. The maximum Gasteiger partial charge on any atom is 0.254 e. The van der Waals surface area contributed by atoms with E-state index in [1.807, 2.05) is 42.7 Å². The maximum atomic E-state index is 13.9. The maximum absolute atomic E-state index is 13.9. The summed E-state index contributed by atoms with van der Waals surface area (Å²) in [6.45, 7) is 6.29. The van der Waals surface area contributed by atoms with Crippen LogP contribution in [0.1, 0.15) is 48.6 Å². The van der Waals surface area contributed by atoms with E-state index in [0.29, 0.717) is 17.5 Å². The second-order valence-corrected chi connectivity index (χ2v) is 8.05. The van der Waals surface area contributed by atoms with Gasteiger partial charge in [0.15, 0.2) is 11.0 Å². The molecule has 3 aromatic rings. The van der Waals surface area contributed by atoms with Gasteiger partial charge in [0.05, 0.1) is 17.4 Å². The van der Waals surface area contributed by atoms with Crippen molar-refractivity contribution in [1.82, 2.24) is 20.1 Å². The molecule has 0 saturated carbocycles. The van der Waals surface area contributed by atoms with Gasteiger partial charge in [0.1, 0.15) is 5.82 Å². The zero-order chi connectivity index (χ0) is 23.1. The highest BCUT2D eigenvalue weighted by Gasteiger charge is 2.21. The van der Waals surface area contributed by atoms with Crippen molar-refractivity contribution < 1.29 is 14.0 Å². The molecule has 1 aromatic heterocycles. The Hall–Kier alpha value is -3.20. The number of nitrogens with zero attached hydrogens (tertiary/aromatic N) is 3. The van der Waals surface area contributed by atoms with Crippen LogP contribution in [0.3, 0.4) is 0 Å². The predicted octanol–water partition coefficient (Wildman–Crippen LogP) is 4.22. The second kappa shape index (κ2) is 10.9. The van der Waals surface area contributed by atoms with Crippen molar-refractivity contribution in [2.45, 2.75) is 44.9 Å². The van der Waals surface area contributed by atoms with Gasteiger partial charge < -0.3 is 15.2 Å². The van der Waals surface area contributed by atoms with Crippen LogP contribution in [0.4, 0.5) is 10.1 Å². The summed E-state index contributed by atoms with van der Waals surface area (Å²) >= 11 is 1.27. The first kappa shape index (κ1) is 23.5. The van der Waals surface area contributed by atoms with Crippen molar-refractivity contribution >= 4 is 29.3 Å². The van der Waals surface area contributed by atoms with Crippen molar-refractivity contribution in [2.24, 2.45) is 0 Å². The van der Waals surface area contributed by atoms with Crippen LogP contribution in [0.15, 0.2) is 53.7 Å². The fraction of sp³-hybridized carbons (Fsp3) is 0.304. The van der Waals surface area contributed by atoms with E-state index in [2.05, 4.69) is 20.8 Å². The predicted molar refractivity (Wildman–Crippen MR) is 123 cm³/mol. The zero-order valence-electron chi connectivity index (χ0n) is 18.3. The molecule has 2 aromatic carbocycles. The van der Waals surface area contributed by atoms with Crippen molar-refractivity contribution in [1.29, 1.82) is 0 Å². The molecule has 1 heterocycles. The Morgan fingerprint density at radius 2 is 1.81 bits per heavy atom. The Labute approximate surface area is 190 Å². The van der Waals surface area contributed by atoms with Gasteiger partial charge in [-0.2, -0.15) is 0 Å². The molecule has 0 aliphatic heterocycles. The lowest BCUT2D eigenvalue weighted by Crippen LogP contribution is -2.29. The molecule has 32 heavy (non-hydrogen) atoms. The lowest BCUT2D eigenvalue weighted by Gasteiger charge is -2.15. The van der Waals surface area contributed by atoms with E-state index in [1.54, 1.807) is 13.0 Å². The van der Waals surface area contributed by atoms with Gasteiger partial charge in [-0.15, -0.1) is 10.2 Å². The third-order valence-electron chi connectivity index (χ3n) is 4.92. The summed E-state index contributed by atoms with van der Waals surface area (Å²) in [4.78, 5) is 24.9. The number of halogens is 1. The van der Waals surface area contributed by atoms with Crippen LogP contribution >= 0.6 is 11.8 Å². The first-order valence-corrected chi connectivity index (χ1v) is 11.4. The van der Waals surface area contributed by atoms with Crippen LogP contribution in [0.5, 0.6) is 0 Å². The van der Waals surface area contributed by atoms with E-state index in [4.69, 9.17) is 0 Å². The monoisotopic (exact) mass is 455 g/mol. The summed E-state index contributed by atoms with van der Waals surface area (Å²) in [6.07, 6.45) is 0.827. The second-order valence-electron chi connectivity index (χ2n) is 7.11.